The molecule has 0 heterocycles. The van der Waals surface area contributed by atoms with Crippen molar-refractivity contribution in [3.05, 3.63) is 35.4 Å². The van der Waals surface area contributed by atoms with E-state index in [0.717, 1.165) is 17.8 Å². The van der Waals surface area contributed by atoms with Crippen LogP contribution < -0.4 is 0 Å². The fourth-order valence-electron chi connectivity index (χ4n) is 3.92. The monoisotopic (exact) mass is 286 g/mol. The molecule has 0 aromatic heterocycles. The zero-order chi connectivity index (χ0) is 15.1. The van der Waals surface area contributed by atoms with Crippen LogP contribution in [0.3, 0.4) is 0 Å². The first kappa shape index (κ1) is 16.6. The molecule has 1 aliphatic rings. The van der Waals surface area contributed by atoms with Crippen molar-refractivity contribution in [2.24, 2.45) is 11.8 Å². The minimum atomic E-state index is 0.798. The van der Waals surface area contributed by atoms with Crippen molar-refractivity contribution >= 4 is 0 Å². The summed E-state index contributed by atoms with van der Waals surface area (Å²) in [6.45, 7) is 7.17. The fourth-order valence-corrected chi connectivity index (χ4v) is 3.92. The van der Waals surface area contributed by atoms with Crippen LogP contribution >= 0.6 is 0 Å². The number of hydrogen-bond donors (Lipinski definition) is 0. The van der Waals surface area contributed by atoms with Crippen LogP contribution in [-0.4, -0.2) is 0 Å². The lowest BCUT2D eigenvalue weighted by molar-refractivity contribution is 0.238. The lowest BCUT2D eigenvalue weighted by Gasteiger charge is -2.34. The molecular formula is C21H34. The van der Waals surface area contributed by atoms with Gasteiger partial charge in [0.1, 0.15) is 0 Å². The maximum Gasteiger partial charge on any atom is -0.0134 e. The summed E-state index contributed by atoms with van der Waals surface area (Å²) in [7, 11) is 0. The van der Waals surface area contributed by atoms with Crippen molar-refractivity contribution in [1.82, 2.24) is 0 Å². The Morgan fingerprint density at radius 2 is 1.62 bits per heavy atom. The first-order chi connectivity index (χ1) is 10.2. The van der Waals surface area contributed by atoms with E-state index in [1.165, 1.54) is 63.4 Å². The third kappa shape index (κ3) is 4.87. The fraction of sp³-hybridized carbons (Fsp3) is 0.714. The molecule has 0 aliphatic heterocycles. The molecule has 118 valence electrons. The van der Waals surface area contributed by atoms with Crippen molar-refractivity contribution in [1.29, 1.82) is 0 Å². The molecule has 3 unspecified atom stereocenters. The highest BCUT2D eigenvalue weighted by Crippen LogP contribution is 2.40. The van der Waals surface area contributed by atoms with Gasteiger partial charge in [0.2, 0.25) is 0 Å². The SMILES string of the molecule is CCCCCCCc1ccc(C2CCCC(C)C2C)cc1. The molecule has 2 rings (SSSR count). The smallest absolute Gasteiger partial charge is 0.0134 e. The van der Waals surface area contributed by atoms with Crippen LogP contribution in [0, 0.1) is 11.8 Å². The highest BCUT2D eigenvalue weighted by Gasteiger charge is 2.27. The summed E-state index contributed by atoms with van der Waals surface area (Å²) in [5, 5.41) is 0. The number of rotatable bonds is 7. The predicted octanol–water partition coefficient (Wildman–Crippen LogP) is 6.74. The molecule has 0 heteroatoms. The molecule has 0 saturated heterocycles. The molecule has 0 N–H and O–H groups in total. The summed E-state index contributed by atoms with van der Waals surface area (Å²) in [4.78, 5) is 0. The van der Waals surface area contributed by atoms with E-state index in [-0.39, 0.29) is 0 Å². The van der Waals surface area contributed by atoms with E-state index in [9.17, 15) is 0 Å². The molecule has 0 bridgehead atoms. The zero-order valence-corrected chi connectivity index (χ0v) is 14.4. The van der Waals surface area contributed by atoms with E-state index in [0.29, 0.717) is 0 Å². The standard InChI is InChI=1S/C21H34/c1-4-5-6-7-8-11-19-13-15-20(16-14-19)21-12-9-10-17(2)18(21)3/h13-18,21H,4-12H2,1-3H3. The van der Waals surface area contributed by atoms with Crippen LogP contribution in [0.15, 0.2) is 24.3 Å². The van der Waals surface area contributed by atoms with Crippen molar-refractivity contribution in [3.8, 4) is 0 Å². The molecule has 1 aromatic rings. The van der Waals surface area contributed by atoms with Crippen molar-refractivity contribution in [2.75, 3.05) is 0 Å². The Bertz CT molecular complexity index is 389. The summed E-state index contributed by atoms with van der Waals surface area (Å²) in [5.74, 6) is 2.54. The van der Waals surface area contributed by atoms with Crippen molar-refractivity contribution in [3.63, 3.8) is 0 Å². The van der Waals surface area contributed by atoms with Gasteiger partial charge in [-0.2, -0.15) is 0 Å². The van der Waals surface area contributed by atoms with Gasteiger partial charge in [0.05, 0.1) is 0 Å². The molecule has 1 aromatic carbocycles. The number of unbranched alkanes of at least 4 members (excludes halogenated alkanes) is 4. The van der Waals surface area contributed by atoms with Crippen LogP contribution in [0.1, 0.15) is 89.2 Å². The first-order valence-corrected chi connectivity index (χ1v) is 9.31. The molecule has 0 amide bonds. The summed E-state index contributed by atoms with van der Waals surface area (Å²) in [6.07, 6.45) is 12.4. The van der Waals surface area contributed by atoms with Gasteiger partial charge in [-0.05, 0) is 48.1 Å². The highest BCUT2D eigenvalue weighted by atomic mass is 14.3. The molecular weight excluding hydrogens is 252 g/mol. The van der Waals surface area contributed by atoms with Crippen LogP contribution in [0.25, 0.3) is 0 Å². The Kier molecular flexibility index (Phi) is 6.80. The molecule has 0 radical (unpaired) electrons. The van der Waals surface area contributed by atoms with Crippen LogP contribution in [-0.2, 0) is 6.42 Å². The van der Waals surface area contributed by atoms with Crippen molar-refractivity contribution < 1.29 is 0 Å². The Labute approximate surface area is 132 Å². The maximum atomic E-state index is 2.45. The second-order valence-electron chi connectivity index (χ2n) is 7.28. The average molecular weight is 287 g/mol. The van der Waals surface area contributed by atoms with E-state index in [1.54, 1.807) is 5.56 Å². The van der Waals surface area contributed by atoms with Gasteiger partial charge >= 0.3 is 0 Å². The first-order valence-electron chi connectivity index (χ1n) is 9.31. The van der Waals surface area contributed by atoms with Gasteiger partial charge in [0, 0.05) is 0 Å². The number of benzene rings is 1. The lowest BCUT2D eigenvalue weighted by atomic mass is 9.71. The van der Waals surface area contributed by atoms with E-state index >= 15 is 0 Å². The minimum absolute atomic E-state index is 0.798. The predicted molar refractivity (Wildman–Crippen MR) is 93.8 cm³/mol. The number of aryl methyl sites for hydroxylation is 1. The van der Waals surface area contributed by atoms with Gasteiger partial charge in [-0.3, -0.25) is 0 Å². The molecule has 0 nitrogen and oxygen atoms in total. The highest BCUT2D eigenvalue weighted by molar-refractivity contribution is 5.26. The van der Waals surface area contributed by atoms with E-state index in [2.05, 4.69) is 45.0 Å². The van der Waals surface area contributed by atoms with E-state index in [1.807, 2.05) is 0 Å². The lowest BCUT2D eigenvalue weighted by Crippen LogP contribution is -2.22. The molecule has 1 aliphatic carbocycles. The van der Waals surface area contributed by atoms with Crippen molar-refractivity contribution in [2.45, 2.75) is 84.5 Å². The Balaban J connectivity index is 1.84. The number of hydrogen-bond acceptors (Lipinski definition) is 0. The second kappa shape index (κ2) is 8.61. The average Bonchev–Trinajstić information content (AvgIpc) is 2.51. The third-order valence-corrected chi connectivity index (χ3v) is 5.68. The second-order valence-corrected chi connectivity index (χ2v) is 7.28. The van der Waals surface area contributed by atoms with Crippen LogP contribution in [0.2, 0.25) is 0 Å². The van der Waals surface area contributed by atoms with Crippen LogP contribution in [0.4, 0.5) is 0 Å². The summed E-state index contributed by atoms with van der Waals surface area (Å²) in [6, 6.07) is 9.61. The normalized spacial score (nSPS) is 26.0. The van der Waals surface area contributed by atoms with E-state index < -0.39 is 0 Å². The Morgan fingerprint density at radius 1 is 0.905 bits per heavy atom. The van der Waals surface area contributed by atoms with Gasteiger partial charge in [0.25, 0.3) is 0 Å². The van der Waals surface area contributed by atoms with Gasteiger partial charge in [0.15, 0.2) is 0 Å². The summed E-state index contributed by atoms with van der Waals surface area (Å²) in [5.41, 5.74) is 3.12. The topological polar surface area (TPSA) is 0 Å². The van der Waals surface area contributed by atoms with Gasteiger partial charge < -0.3 is 0 Å². The molecule has 3 atom stereocenters. The van der Waals surface area contributed by atoms with Gasteiger partial charge in [-0.25, -0.2) is 0 Å². The Hall–Kier alpha value is -0.780. The van der Waals surface area contributed by atoms with Gasteiger partial charge in [-0.1, -0.05) is 83.6 Å². The quantitative estimate of drug-likeness (QED) is 0.487. The largest absolute Gasteiger partial charge is 0.0654 e. The summed E-state index contributed by atoms with van der Waals surface area (Å²) < 4.78 is 0. The minimum Gasteiger partial charge on any atom is -0.0654 e. The van der Waals surface area contributed by atoms with E-state index in [4.69, 9.17) is 0 Å². The molecule has 21 heavy (non-hydrogen) atoms. The Morgan fingerprint density at radius 3 is 2.33 bits per heavy atom. The van der Waals surface area contributed by atoms with Crippen LogP contribution in [0.5, 0.6) is 0 Å². The molecule has 1 saturated carbocycles. The zero-order valence-electron chi connectivity index (χ0n) is 14.4. The molecule has 0 spiro atoms. The maximum absolute atomic E-state index is 2.45. The van der Waals surface area contributed by atoms with Gasteiger partial charge in [-0.15, -0.1) is 0 Å². The molecule has 1 fully saturated rings. The third-order valence-electron chi connectivity index (χ3n) is 5.68. The summed E-state index contributed by atoms with van der Waals surface area (Å²) >= 11 is 0.